The molecule has 5 nitrogen and oxygen atoms in total. The van der Waals surface area contributed by atoms with Gasteiger partial charge in [-0.1, -0.05) is 30.0 Å². The summed E-state index contributed by atoms with van der Waals surface area (Å²) in [4.78, 5) is 18.6. The molecule has 2 aromatic rings. The number of carbonyl (C=O) groups is 1. The first-order valence-electron chi connectivity index (χ1n) is 6.60. The number of hydrogen-bond acceptors (Lipinski definition) is 4. The SMILES string of the molecule is C[C@H](Sc1ncn[nH]1)C(=O)N1c2ccccc2C[C@@H]1C. The van der Waals surface area contributed by atoms with E-state index in [0.717, 1.165) is 12.1 Å². The molecule has 0 unspecified atom stereocenters. The molecule has 20 heavy (non-hydrogen) atoms. The second-order valence-electron chi connectivity index (χ2n) is 4.94. The molecule has 6 heteroatoms. The first kappa shape index (κ1) is 13.2. The Kier molecular flexibility index (Phi) is 3.48. The fraction of sp³-hybridized carbons (Fsp3) is 0.357. The monoisotopic (exact) mass is 288 g/mol. The number of anilines is 1. The number of H-pyrrole nitrogens is 1. The molecule has 1 amide bonds. The Bertz CT molecular complexity index is 613. The highest BCUT2D eigenvalue weighted by molar-refractivity contribution is 8.00. The summed E-state index contributed by atoms with van der Waals surface area (Å²) in [5, 5.41) is 7.05. The number of benzene rings is 1. The molecule has 1 aromatic heterocycles. The highest BCUT2D eigenvalue weighted by Crippen LogP contribution is 2.34. The van der Waals surface area contributed by atoms with Gasteiger partial charge in [0.05, 0.1) is 5.25 Å². The van der Waals surface area contributed by atoms with Crippen molar-refractivity contribution < 1.29 is 4.79 Å². The third-order valence-corrected chi connectivity index (χ3v) is 4.45. The van der Waals surface area contributed by atoms with Crippen molar-refractivity contribution >= 4 is 23.4 Å². The minimum Gasteiger partial charge on any atom is -0.308 e. The molecule has 2 heterocycles. The zero-order valence-corrected chi connectivity index (χ0v) is 12.2. The number of aromatic amines is 1. The quantitative estimate of drug-likeness (QED) is 0.880. The number of nitrogens with one attached hydrogen (secondary N) is 1. The van der Waals surface area contributed by atoms with E-state index in [0.29, 0.717) is 5.16 Å². The summed E-state index contributed by atoms with van der Waals surface area (Å²) in [7, 11) is 0. The molecule has 0 saturated carbocycles. The van der Waals surface area contributed by atoms with Gasteiger partial charge in [0.1, 0.15) is 6.33 Å². The van der Waals surface area contributed by atoms with Crippen LogP contribution < -0.4 is 4.90 Å². The molecule has 0 saturated heterocycles. The minimum absolute atomic E-state index is 0.115. The Morgan fingerprint density at radius 1 is 1.50 bits per heavy atom. The largest absolute Gasteiger partial charge is 0.308 e. The Hall–Kier alpha value is -1.82. The summed E-state index contributed by atoms with van der Waals surface area (Å²) in [5.74, 6) is 0.115. The molecule has 1 aliphatic heterocycles. The Morgan fingerprint density at radius 2 is 2.30 bits per heavy atom. The molecule has 0 fully saturated rings. The van der Waals surface area contributed by atoms with E-state index in [9.17, 15) is 4.79 Å². The van der Waals surface area contributed by atoms with Crippen LogP contribution >= 0.6 is 11.8 Å². The van der Waals surface area contributed by atoms with E-state index >= 15 is 0 Å². The average Bonchev–Trinajstić information content (AvgIpc) is 3.04. The van der Waals surface area contributed by atoms with Gasteiger partial charge in [-0.2, -0.15) is 5.10 Å². The van der Waals surface area contributed by atoms with Crippen LogP contribution in [0.4, 0.5) is 5.69 Å². The molecule has 3 rings (SSSR count). The van der Waals surface area contributed by atoms with Crippen molar-refractivity contribution in [1.29, 1.82) is 0 Å². The zero-order valence-electron chi connectivity index (χ0n) is 11.4. The van der Waals surface area contributed by atoms with Crippen molar-refractivity contribution in [3.63, 3.8) is 0 Å². The number of aromatic nitrogens is 3. The Balaban J connectivity index is 1.80. The maximum Gasteiger partial charge on any atom is 0.240 e. The van der Waals surface area contributed by atoms with Gasteiger partial charge in [-0.3, -0.25) is 9.89 Å². The number of carbonyl (C=O) groups excluding carboxylic acids is 1. The number of rotatable bonds is 3. The Morgan fingerprint density at radius 3 is 3.05 bits per heavy atom. The van der Waals surface area contributed by atoms with Gasteiger partial charge in [-0.25, -0.2) is 4.98 Å². The van der Waals surface area contributed by atoms with E-state index < -0.39 is 0 Å². The van der Waals surface area contributed by atoms with Crippen molar-refractivity contribution in [1.82, 2.24) is 15.2 Å². The smallest absolute Gasteiger partial charge is 0.240 e. The molecular formula is C14H16N4OS. The first-order valence-corrected chi connectivity index (χ1v) is 7.48. The average molecular weight is 288 g/mol. The second-order valence-corrected chi connectivity index (χ2v) is 6.27. The summed E-state index contributed by atoms with van der Waals surface area (Å²) < 4.78 is 0. The lowest BCUT2D eigenvalue weighted by Crippen LogP contribution is -2.40. The van der Waals surface area contributed by atoms with Gasteiger partial charge in [0.25, 0.3) is 0 Å². The lowest BCUT2D eigenvalue weighted by Gasteiger charge is -2.25. The molecule has 0 radical (unpaired) electrons. The predicted octanol–water partition coefficient (Wildman–Crippen LogP) is 2.26. The summed E-state index contributed by atoms with van der Waals surface area (Å²) in [6.07, 6.45) is 2.37. The number of fused-ring (bicyclic) bond motifs is 1. The van der Waals surface area contributed by atoms with Crippen LogP contribution in [0.5, 0.6) is 0 Å². The molecule has 1 aromatic carbocycles. The maximum atomic E-state index is 12.7. The summed E-state index contributed by atoms with van der Waals surface area (Å²) in [6, 6.07) is 8.31. The molecule has 104 valence electrons. The van der Waals surface area contributed by atoms with Crippen molar-refractivity contribution in [2.24, 2.45) is 0 Å². The molecule has 0 spiro atoms. The number of hydrogen-bond donors (Lipinski definition) is 1. The summed E-state index contributed by atoms with van der Waals surface area (Å²) >= 11 is 1.40. The van der Waals surface area contributed by atoms with E-state index in [-0.39, 0.29) is 17.2 Å². The highest BCUT2D eigenvalue weighted by Gasteiger charge is 2.33. The van der Waals surface area contributed by atoms with Gasteiger partial charge in [0.2, 0.25) is 5.91 Å². The van der Waals surface area contributed by atoms with Crippen LogP contribution in [-0.2, 0) is 11.2 Å². The number of thioether (sulfide) groups is 1. The number of amides is 1. The maximum absolute atomic E-state index is 12.7. The molecule has 0 aliphatic carbocycles. The van der Waals surface area contributed by atoms with Gasteiger partial charge >= 0.3 is 0 Å². The van der Waals surface area contributed by atoms with Gasteiger partial charge < -0.3 is 4.90 Å². The van der Waals surface area contributed by atoms with Crippen LogP contribution in [0.15, 0.2) is 35.7 Å². The van der Waals surface area contributed by atoms with Gasteiger partial charge in [0.15, 0.2) is 5.16 Å². The van der Waals surface area contributed by atoms with Crippen LogP contribution in [0.1, 0.15) is 19.4 Å². The molecule has 0 bridgehead atoms. The van der Waals surface area contributed by atoms with Crippen LogP contribution in [0, 0.1) is 0 Å². The third kappa shape index (κ3) is 2.31. The highest BCUT2D eigenvalue weighted by atomic mass is 32.2. The van der Waals surface area contributed by atoms with E-state index in [1.54, 1.807) is 0 Å². The van der Waals surface area contributed by atoms with Crippen LogP contribution in [0.25, 0.3) is 0 Å². The minimum atomic E-state index is -0.198. The third-order valence-electron chi connectivity index (χ3n) is 3.47. The summed E-state index contributed by atoms with van der Waals surface area (Å²) in [6.45, 7) is 3.99. The van der Waals surface area contributed by atoms with Gasteiger partial charge in [-0.15, -0.1) is 0 Å². The molecule has 1 aliphatic rings. The van der Waals surface area contributed by atoms with Crippen LogP contribution in [-0.4, -0.2) is 32.4 Å². The number of para-hydroxylation sites is 1. The van der Waals surface area contributed by atoms with E-state index in [1.807, 2.05) is 30.0 Å². The first-order chi connectivity index (χ1) is 9.66. The molecule has 1 N–H and O–H groups in total. The van der Waals surface area contributed by atoms with E-state index in [4.69, 9.17) is 0 Å². The van der Waals surface area contributed by atoms with Crippen LogP contribution in [0.3, 0.4) is 0 Å². The fourth-order valence-electron chi connectivity index (χ4n) is 2.57. The lowest BCUT2D eigenvalue weighted by molar-refractivity contribution is -0.118. The van der Waals surface area contributed by atoms with Gasteiger partial charge in [0, 0.05) is 11.7 Å². The number of nitrogens with zero attached hydrogens (tertiary/aromatic N) is 3. The molecular weight excluding hydrogens is 272 g/mol. The van der Waals surface area contributed by atoms with Crippen molar-refractivity contribution in [3.05, 3.63) is 36.2 Å². The normalized spacial score (nSPS) is 18.9. The predicted molar refractivity (Wildman–Crippen MR) is 78.8 cm³/mol. The van der Waals surface area contributed by atoms with E-state index in [1.165, 1.54) is 23.7 Å². The van der Waals surface area contributed by atoms with Crippen LogP contribution in [0.2, 0.25) is 0 Å². The lowest BCUT2D eigenvalue weighted by atomic mass is 10.1. The zero-order chi connectivity index (χ0) is 14.1. The van der Waals surface area contributed by atoms with Crippen molar-refractivity contribution in [2.75, 3.05) is 4.90 Å². The summed E-state index contributed by atoms with van der Waals surface area (Å²) in [5.41, 5.74) is 2.28. The van der Waals surface area contributed by atoms with Crippen molar-refractivity contribution in [3.8, 4) is 0 Å². The Labute approximate surface area is 121 Å². The van der Waals surface area contributed by atoms with Gasteiger partial charge in [-0.05, 0) is 31.9 Å². The van der Waals surface area contributed by atoms with Crippen molar-refractivity contribution in [2.45, 2.75) is 36.7 Å². The second kappa shape index (κ2) is 5.28. The topological polar surface area (TPSA) is 61.9 Å². The fourth-order valence-corrected chi connectivity index (χ4v) is 3.33. The molecule has 2 atom stereocenters. The standard InChI is InChI=1S/C14H16N4OS/c1-9-7-11-5-3-4-6-12(11)18(9)13(19)10(2)20-14-15-8-16-17-14/h3-6,8-10H,7H2,1-2H3,(H,15,16,17)/t9-,10-/m0/s1. The van der Waals surface area contributed by atoms with E-state index in [2.05, 4.69) is 28.2 Å².